The summed E-state index contributed by atoms with van der Waals surface area (Å²) in [4.78, 5) is 2.54. The Balaban J connectivity index is 2.02. The summed E-state index contributed by atoms with van der Waals surface area (Å²) in [6.45, 7) is 1.83. The average Bonchev–Trinajstić information content (AvgIpc) is 2.66. The standard InChI is InChI=1S/C10H14OS/c1-7(11)10-5-4-9(12-10)6-8-2-3-8/h4-5,7-8,11H,2-3,6H2,1H3/t7-/m0/s1. The molecule has 1 heterocycles. The molecule has 0 aromatic carbocycles. The Kier molecular flexibility index (Phi) is 2.20. The summed E-state index contributed by atoms with van der Waals surface area (Å²) in [5.74, 6) is 0.950. The highest BCUT2D eigenvalue weighted by Crippen LogP contribution is 2.35. The number of hydrogen-bond donors (Lipinski definition) is 1. The molecule has 1 nitrogen and oxygen atoms in total. The van der Waals surface area contributed by atoms with E-state index in [0.717, 1.165) is 10.8 Å². The fraction of sp³-hybridized carbons (Fsp3) is 0.600. The van der Waals surface area contributed by atoms with Crippen molar-refractivity contribution in [2.24, 2.45) is 5.92 Å². The lowest BCUT2D eigenvalue weighted by molar-refractivity contribution is 0.203. The van der Waals surface area contributed by atoms with Crippen LogP contribution in [0.3, 0.4) is 0 Å². The zero-order chi connectivity index (χ0) is 8.55. The maximum absolute atomic E-state index is 9.30. The van der Waals surface area contributed by atoms with Crippen LogP contribution in [-0.2, 0) is 6.42 Å². The smallest absolute Gasteiger partial charge is 0.0854 e. The van der Waals surface area contributed by atoms with E-state index in [4.69, 9.17) is 0 Å². The first-order valence-corrected chi connectivity index (χ1v) is 5.34. The van der Waals surface area contributed by atoms with Crippen LogP contribution in [0.25, 0.3) is 0 Å². The van der Waals surface area contributed by atoms with E-state index in [-0.39, 0.29) is 6.10 Å². The van der Waals surface area contributed by atoms with E-state index in [1.54, 1.807) is 11.3 Å². The summed E-state index contributed by atoms with van der Waals surface area (Å²) in [7, 11) is 0. The number of aliphatic hydroxyl groups excluding tert-OH is 1. The van der Waals surface area contributed by atoms with Gasteiger partial charge >= 0.3 is 0 Å². The summed E-state index contributed by atoms with van der Waals surface area (Å²) < 4.78 is 0. The van der Waals surface area contributed by atoms with Gasteiger partial charge in [-0.15, -0.1) is 11.3 Å². The maximum Gasteiger partial charge on any atom is 0.0854 e. The lowest BCUT2D eigenvalue weighted by Crippen LogP contribution is -1.83. The molecule has 0 saturated heterocycles. The van der Waals surface area contributed by atoms with Crippen molar-refractivity contribution in [3.8, 4) is 0 Å². The predicted octanol–water partition coefficient (Wildman–Crippen LogP) is 2.75. The van der Waals surface area contributed by atoms with Crippen LogP contribution in [0, 0.1) is 5.92 Å². The second kappa shape index (κ2) is 3.19. The zero-order valence-electron chi connectivity index (χ0n) is 7.29. The molecule has 0 unspecified atom stereocenters. The molecule has 1 N–H and O–H groups in total. The molecule has 0 aliphatic heterocycles. The van der Waals surface area contributed by atoms with E-state index in [1.807, 2.05) is 13.0 Å². The Morgan fingerprint density at radius 2 is 2.33 bits per heavy atom. The lowest BCUT2D eigenvalue weighted by atomic mass is 10.2. The Morgan fingerprint density at radius 1 is 1.58 bits per heavy atom. The van der Waals surface area contributed by atoms with Gasteiger partial charge in [-0.05, 0) is 44.2 Å². The molecular formula is C10H14OS. The first-order chi connectivity index (χ1) is 5.75. The summed E-state index contributed by atoms with van der Waals surface area (Å²) in [6.07, 6.45) is 3.75. The molecule has 12 heavy (non-hydrogen) atoms. The Hall–Kier alpha value is -0.340. The van der Waals surface area contributed by atoms with Crippen molar-refractivity contribution in [1.29, 1.82) is 0 Å². The van der Waals surface area contributed by atoms with Crippen LogP contribution in [0.15, 0.2) is 12.1 Å². The molecule has 2 heteroatoms. The van der Waals surface area contributed by atoms with Gasteiger partial charge in [-0.25, -0.2) is 0 Å². The van der Waals surface area contributed by atoms with Crippen LogP contribution >= 0.6 is 11.3 Å². The Bertz CT molecular complexity index is 261. The molecule has 0 amide bonds. The highest BCUT2D eigenvalue weighted by molar-refractivity contribution is 7.12. The van der Waals surface area contributed by atoms with Crippen LogP contribution in [-0.4, -0.2) is 5.11 Å². The van der Waals surface area contributed by atoms with Crippen LogP contribution in [0.5, 0.6) is 0 Å². The van der Waals surface area contributed by atoms with Gasteiger partial charge in [0.15, 0.2) is 0 Å². The molecule has 66 valence electrons. The van der Waals surface area contributed by atoms with Crippen molar-refractivity contribution in [3.05, 3.63) is 21.9 Å². The first-order valence-electron chi connectivity index (χ1n) is 4.52. The lowest BCUT2D eigenvalue weighted by Gasteiger charge is -1.97. The maximum atomic E-state index is 9.30. The molecule has 1 aliphatic rings. The second-order valence-corrected chi connectivity index (χ2v) is 4.83. The van der Waals surface area contributed by atoms with Crippen molar-refractivity contribution in [1.82, 2.24) is 0 Å². The van der Waals surface area contributed by atoms with Crippen molar-refractivity contribution in [3.63, 3.8) is 0 Å². The fourth-order valence-corrected chi connectivity index (χ4v) is 2.40. The van der Waals surface area contributed by atoms with Crippen molar-refractivity contribution < 1.29 is 5.11 Å². The second-order valence-electron chi connectivity index (χ2n) is 3.63. The zero-order valence-corrected chi connectivity index (χ0v) is 8.10. The monoisotopic (exact) mass is 182 g/mol. The van der Waals surface area contributed by atoms with Crippen molar-refractivity contribution in [2.75, 3.05) is 0 Å². The van der Waals surface area contributed by atoms with E-state index in [1.165, 1.54) is 24.1 Å². The summed E-state index contributed by atoms with van der Waals surface area (Å²) >= 11 is 1.76. The first kappa shape index (κ1) is 8.27. The highest BCUT2D eigenvalue weighted by Gasteiger charge is 2.22. The molecular weight excluding hydrogens is 168 g/mol. The van der Waals surface area contributed by atoms with Gasteiger partial charge in [0, 0.05) is 9.75 Å². The van der Waals surface area contributed by atoms with Gasteiger partial charge in [0.1, 0.15) is 0 Å². The third-order valence-electron chi connectivity index (χ3n) is 2.28. The molecule has 0 radical (unpaired) electrons. The number of rotatable bonds is 3. The molecule has 1 saturated carbocycles. The molecule has 1 aromatic heterocycles. The Morgan fingerprint density at radius 3 is 2.83 bits per heavy atom. The van der Waals surface area contributed by atoms with Crippen molar-refractivity contribution in [2.45, 2.75) is 32.3 Å². The molecule has 0 bridgehead atoms. The van der Waals surface area contributed by atoms with Crippen LogP contribution in [0.2, 0.25) is 0 Å². The van der Waals surface area contributed by atoms with E-state index in [9.17, 15) is 5.11 Å². The molecule has 0 spiro atoms. The van der Waals surface area contributed by atoms with Gasteiger partial charge < -0.3 is 5.11 Å². The van der Waals surface area contributed by atoms with Crippen LogP contribution < -0.4 is 0 Å². The minimum absolute atomic E-state index is 0.289. The number of thiophene rings is 1. The number of hydrogen-bond acceptors (Lipinski definition) is 2. The third kappa shape index (κ3) is 1.87. The van der Waals surface area contributed by atoms with Gasteiger partial charge in [-0.1, -0.05) is 0 Å². The highest BCUT2D eigenvalue weighted by atomic mass is 32.1. The van der Waals surface area contributed by atoms with Crippen LogP contribution in [0.4, 0.5) is 0 Å². The Labute approximate surface area is 77.0 Å². The molecule has 2 rings (SSSR count). The average molecular weight is 182 g/mol. The van der Waals surface area contributed by atoms with Crippen LogP contribution in [0.1, 0.15) is 35.6 Å². The molecule has 1 fully saturated rings. The van der Waals surface area contributed by atoms with E-state index >= 15 is 0 Å². The van der Waals surface area contributed by atoms with Gasteiger partial charge in [-0.3, -0.25) is 0 Å². The van der Waals surface area contributed by atoms with Gasteiger partial charge in [0.25, 0.3) is 0 Å². The topological polar surface area (TPSA) is 20.2 Å². The number of aliphatic hydroxyl groups is 1. The quantitative estimate of drug-likeness (QED) is 0.762. The third-order valence-corrected chi connectivity index (χ3v) is 3.56. The molecule has 1 atom stereocenters. The largest absolute Gasteiger partial charge is 0.388 e. The van der Waals surface area contributed by atoms with Gasteiger partial charge in [0.2, 0.25) is 0 Å². The minimum atomic E-state index is -0.289. The fourth-order valence-electron chi connectivity index (χ4n) is 1.34. The van der Waals surface area contributed by atoms with E-state index < -0.39 is 0 Å². The van der Waals surface area contributed by atoms with E-state index in [0.29, 0.717) is 0 Å². The SMILES string of the molecule is C[C@H](O)c1ccc(CC2CC2)s1. The van der Waals surface area contributed by atoms with Gasteiger partial charge in [-0.2, -0.15) is 0 Å². The minimum Gasteiger partial charge on any atom is -0.388 e. The van der Waals surface area contributed by atoms with E-state index in [2.05, 4.69) is 6.07 Å². The summed E-state index contributed by atoms with van der Waals surface area (Å²) in [5.41, 5.74) is 0. The van der Waals surface area contributed by atoms with Gasteiger partial charge in [0.05, 0.1) is 6.10 Å². The predicted molar refractivity (Wildman–Crippen MR) is 51.4 cm³/mol. The molecule has 1 aromatic rings. The van der Waals surface area contributed by atoms with Crippen molar-refractivity contribution >= 4 is 11.3 Å². The normalized spacial score (nSPS) is 19.5. The summed E-state index contributed by atoms with van der Waals surface area (Å²) in [6, 6.07) is 4.21. The summed E-state index contributed by atoms with van der Waals surface area (Å²) in [5, 5.41) is 9.30. The molecule has 1 aliphatic carbocycles.